The lowest BCUT2D eigenvalue weighted by Gasteiger charge is -2.14. The fourth-order valence-corrected chi connectivity index (χ4v) is 1.27. The van der Waals surface area contributed by atoms with E-state index in [0.717, 1.165) is 12.3 Å². The molecule has 0 aliphatic heterocycles. The Bertz CT molecular complexity index is 537. The van der Waals surface area contributed by atoms with Crippen molar-refractivity contribution in [1.29, 1.82) is 0 Å². The number of hydrogen-bond acceptors (Lipinski definition) is 5. The molecule has 0 saturated carbocycles. The lowest BCUT2D eigenvalue weighted by molar-refractivity contribution is -0.385. The molecule has 0 aliphatic carbocycles. The Balaban J connectivity index is 2.85. The van der Waals surface area contributed by atoms with Crippen molar-refractivity contribution in [2.75, 3.05) is 6.54 Å². The standard InChI is InChI=1S/C11H15N3O5/c1-6(2)9(15)5-13-11(17)8-3-7(14(18)19)4-12-10(8)16/h3-4,6,9,15H,5H2,1-2H3,(H,12,16)(H,13,17). The third-order valence-corrected chi connectivity index (χ3v) is 2.58. The van der Waals surface area contributed by atoms with E-state index in [1.54, 1.807) is 13.8 Å². The van der Waals surface area contributed by atoms with Crippen molar-refractivity contribution >= 4 is 11.6 Å². The van der Waals surface area contributed by atoms with E-state index in [1.165, 1.54) is 0 Å². The highest BCUT2D eigenvalue weighted by molar-refractivity contribution is 5.94. The van der Waals surface area contributed by atoms with Gasteiger partial charge in [-0.2, -0.15) is 0 Å². The number of rotatable bonds is 5. The van der Waals surface area contributed by atoms with Crippen LogP contribution in [0.25, 0.3) is 0 Å². The Labute approximate surface area is 108 Å². The fourth-order valence-electron chi connectivity index (χ4n) is 1.27. The summed E-state index contributed by atoms with van der Waals surface area (Å²) in [4.78, 5) is 35.1. The molecule has 0 spiro atoms. The van der Waals surface area contributed by atoms with Crippen molar-refractivity contribution in [3.63, 3.8) is 0 Å². The number of hydrogen-bond donors (Lipinski definition) is 3. The molecule has 1 unspecified atom stereocenters. The summed E-state index contributed by atoms with van der Waals surface area (Å²) in [6.45, 7) is 3.52. The molecule has 1 atom stereocenters. The Morgan fingerprint density at radius 3 is 2.74 bits per heavy atom. The molecule has 8 heteroatoms. The number of nitrogens with zero attached hydrogens (tertiary/aromatic N) is 1. The number of amides is 1. The largest absolute Gasteiger partial charge is 0.391 e. The molecule has 1 rings (SSSR count). The van der Waals surface area contributed by atoms with Crippen LogP contribution >= 0.6 is 0 Å². The van der Waals surface area contributed by atoms with Crippen molar-refractivity contribution in [2.24, 2.45) is 5.92 Å². The number of nitrogens with one attached hydrogen (secondary N) is 2. The van der Waals surface area contributed by atoms with Crippen LogP contribution in [-0.2, 0) is 0 Å². The molecule has 0 radical (unpaired) electrons. The first-order valence-corrected chi connectivity index (χ1v) is 5.66. The normalized spacial score (nSPS) is 12.2. The molecule has 104 valence electrons. The van der Waals surface area contributed by atoms with Gasteiger partial charge in [-0.05, 0) is 5.92 Å². The zero-order valence-corrected chi connectivity index (χ0v) is 10.5. The second-order valence-electron chi connectivity index (χ2n) is 4.38. The summed E-state index contributed by atoms with van der Waals surface area (Å²) in [5.74, 6) is -0.812. The van der Waals surface area contributed by atoms with Gasteiger partial charge in [0.2, 0.25) is 0 Å². The van der Waals surface area contributed by atoms with Crippen LogP contribution in [0.4, 0.5) is 5.69 Å². The molecule has 0 bridgehead atoms. The van der Waals surface area contributed by atoms with Crippen molar-refractivity contribution < 1.29 is 14.8 Å². The third-order valence-electron chi connectivity index (χ3n) is 2.58. The van der Waals surface area contributed by atoms with Crippen molar-refractivity contribution in [3.8, 4) is 0 Å². The minimum absolute atomic E-state index is 0.0291. The number of carbonyl (C=O) groups excluding carboxylic acids is 1. The average Bonchev–Trinajstić information content (AvgIpc) is 2.35. The number of aliphatic hydroxyl groups excluding tert-OH is 1. The van der Waals surface area contributed by atoms with E-state index >= 15 is 0 Å². The van der Waals surface area contributed by atoms with Crippen LogP contribution in [-0.4, -0.2) is 33.6 Å². The molecule has 1 heterocycles. The molecular formula is C11H15N3O5. The lowest BCUT2D eigenvalue weighted by Crippen LogP contribution is -2.37. The van der Waals surface area contributed by atoms with Gasteiger partial charge in [-0.1, -0.05) is 13.8 Å². The van der Waals surface area contributed by atoms with E-state index in [1.807, 2.05) is 0 Å². The monoisotopic (exact) mass is 269 g/mol. The number of carbonyl (C=O) groups is 1. The van der Waals surface area contributed by atoms with Gasteiger partial charge in [0.1, 0.15) is 5.56 Å². The predicted molar refractivity (Wildman–Crippen MR) is 66.9 cm³/mol. The smallest absolute Gasteiger partial charge is 0.286 e. The van der Waals surface area contributed by atoms with Gasteiger partial charge >= 0.3 is 0 Å². The summed E-state index contributed by atoms with van der Waals surface area (Å²) < 4.78 is 0. The molecule has 8 nitrogen and oxygen atoms in total. The number of aliphatic hydroxyl groups is 1. The van der Waals surface area contributed by atoms with Gasteiger partial charge in [0.25, 0.3) is 17.2 Å². The summed E-state index contributed by atoms with van der Waals surface area (Å²) in [6.07, 6.45) is 0.170. The van der Waals surface area contributed by atoms with Gasteiger partial charge in [0.05, 0.1) is 17.2 Å². The van der Waals surface area contributed by atoms with E-state index in [4.69, 9.17) is 0 Å². The summed E-state index contributed by atoms with van der Waals surface area (Å²) in [5, 5.41) is 22.4. The van der Waals surface area contributed by atoms with Crippen LogP contribution in [0.3, 0.4) is 0 Å². The average molecular weight is 269 g/mol. The molecule has 19 heavy (non-hydrogen) atoms. The Kier molecular flexibility index (Phi) is 4.76. The molecule has 1 aromatic rings. The number of H-pyrrole nitrogens is 1. The summed E-state index contributed by atoms with van der Waals surface area (Å²) in [6, 6.07) is 0.899. The van der Waals surface area contributed by atoms with Gasteiger partial charge in [-0.3, -0.25) is 19.7 Å². The maximum absolute atomic E-state index is 11.7. The van der Waals surface area contributed by atoms with Crippen LogP contribution in [0, 0.1) is 16.0 Å². The number of pyridine rings is 1. The summed E-state index contributed by atoms with van der Waals surface area (Å²) in [7, 11) is 0. The second kappa shape index (κ2) is 6.10. The molecule has 1 amide bonds. The number of aromatic nitrogens is 1. The van der Waals surface area contributed by atoms with Crippen LogP contribution in [0.2, 0.25) is 0 Å². The molecule has 3 N–H and O–H groups in total. The van der Waals surface area contributed by atoms with Gasteiger partial charge in [-0.25, -0.2) is 0 Å². The molecule has 0 aromatic carbocycles. The van der Waals surface area contributed by atoms with Crippen molar-refractivity contribution in [3.05, 3.63) is 38.3 Å². The van der Waals surface area contributed by atoms with Crippen molar-refractivity contribution in [1.82, 2.24) is 10.3 Å². The first-order valence-electron chi connectivity index (χ1n) is 5.66. The van der Waals surface area contributed by atoms with Gasteiger partial charge in [-0.15, -0.1) is 0 Å². The third kappa shape index (κ3) is 3.88. The minimum atomic E-state index is -0.760. The number of aromatic amines is 1. The Hall–Kier alpha value is -2.22. The lowest BCUT2D eigenvalue weighted by atomic mass is 10.1. The Morgan fingerprint density at radius 2 is 2.21 bits per heavy atom. The van der Waals surface area contributed by atoms with Gasteiger partial charge in [0.15, 0.2) is 0 Å². The second-order valence-corrected chi connectivity index (χ2v) is 4.38. The van der Waals surface area contributed by atoms with E-state index < -0.39 is 22.5 Å². The fraction of sp³-hybridized carbons (Fsp3) is 0.455. The quantitative estimate of drug-likeness (QED) is 0.513. The zero-order chi connectivity index (χ0) is 14.6. The molecule has 0 aliphatic rings. The Morgan fingerprint density at radius 1 is 1.58 bits per heavy atom. The maximum atomic E-state index is 11.7. The van der Waals surface area contributed by atoms with E-state index in [9.17, 15) is 24.8 Å². The molecular weight excluding hydrogens is 254 g/mol. The molecule has 1 aromatic heterocycles. The van der Waals surface area contributed by atoms with Crippen molar-refractivity contribution in [2.45, 2.75) is 20.0 Å². The summed E-state index contributed by atoms with van der Waals surface area (Å²) >= 11 is 0. The highest BCUT2D eigenvalue weighted by atomic mass is 16.6. The van der Waals surface area contributed by atoms with Gasteiger partial charge < -0.3 is 15.4 Å². The zero-order valence-electron chi connectivity index (χ0n) is 10.5. The maximum Gasteiger partial charge on any atom is 0.286 e. The predicted octanol–water partition coefficient (Wildman–Crippen LogP) is 0.0298. The first-order chi connectivity index (χ1) is 8.82. The van der Waals surface area contributed by atoms with Gasteiger partial charge in [0, 0.05) is 12.6 Å². The van der Waals surface area contributed by atoms with Crippen LogP contribution < -0.4 is 10.9 Å². The van der Waals surface area contributed by atoms with E-state index in [2.05, 4.69) is 10.3 Å². The molecule has 0 saturated heterocycles. The highest BCUT2D eigenvalue weighted by Gasteiger charge is 2.17. The van der Waals surface area contributed by atoms with E-state index in [0.29, 0.717) is 0 Å². The molecule has 0 fully saturated rings. The summed E-state index contributed by atoms with van der Waals surface area (Å²) in [5.41, 5.74) is -1.46. The minimum Gasteiger partial charge on any atom is -0.391 e. The van der Waals surface area contributed by atoms with Crippen LogP contribution in [0.15, 0.2) is 17.1 Å². The van der Waals surface area contributed by atoms with E-state index in [-0.39, 0.29) is 23.7 Å². The first kappa shape index (κ1) is 14.8. The van der Waals surface area contributed by atoms with Crippen LogP contribution in [0.1, 0.15) is 24.2 Å². The SMILES string of the molecule is CC(C)C(O)CNC(=O)c1cc([N+](=O)[O-])c[nH]c1=O. The highest BCUT2D eigenvalue weighted by Crippen LogP contribution is 2.08. The topological polar surface area (TPSA) is 125 Å². The van der Waals surface area contributed by atoms with Crippen LogP contribution in [0.5, 0.6) is 0 Å². The number of nitro groups is 1.